The summed E-state index contributed by atoms with van der Waals surface area (Å²) in [5, 5.41) is 31.2. The Morgan fingerprint density at radius 3 is 1.60 bits per heavy atom. The highest BCUT2D eigenvalue weighted by atomic mass is 16.7. The number of carbonyl (C=O) groups excluding carboxylic acids is 1. The molecule has 0 amide bonds. The molecular weight excluding hydrogens is 713 g/mol. The standard InChI is InChI=1S/C50H72O7/c1-12-21-45(51)55-36-44-46(52)47(53)48(54)49(56-44)57-50(10,11)35-20-34-43(9)33-19-32-42(8)30-17-27-39(5)24-14-13-23-38(4)26-16-29-41(7)31-18-28-40(6)25-15-22-37(2)3/h13-14,16-20,22-24,26-34,44,46-49,52-54H,12,15,21,25,35-36H2,1-11H3/b14-13+,26-16+,27-17+,31-18+,32-19+,34-20+,38-23+,39-24+,40-28+,41-29+,42-30+,43-33+/t44-,46-,47+,48-,49+/m1/s1. The average molecular weight is 785 g/mol. The van der Waals surface area contributed by atoms with Crippen molar-refractivity contribution < 1.29 is 34.3 Å². The van der Waals surface area contributed by atoms with Gasteiger partial charge < -0.3 is 29.5 Å². The third-order valence-electron chi connectivity index (χ3n) is 8.77. The fraction of sp³-hybridized carbons (Fsp3) is 0.460. The van der Waals surface area contributed by atoms with E-state index in [1.54, 1.807) is 0 Å². The first kappa shape index (κ1) is 50.9. The van der Waals surface area contributed by atoms with Gasteiger partial charge >= 0.3 is 5.97 Å². The van der Waals surface area contributed by atoms with Crippen molar-refractivity contribution in [2.45, 2.75) is 145 Å². The topological polar surface area (TPSA) is 105 Å². The van der Waals surface area contributed by atoms with Gasteiger partial charge in [-0.25, -0.2) is 0 Å². The van der Waals surface area contributed by atoms with Crippen LogP contribution in [0.25, 0.3) is 0 Å². The molecule has 0 aliphatic carbocycles. The zero-order chi connectivity index (χ0) is 42.8. The molecule has 0 radical (unpaired) electrons. The van der Waals surface area contributed by atoms with Gasteiger partial charge in [-0.1, -0.05) is 161 Å². The summed E-state index contributed by atoms with van der Waals surface area (Å²) < 4.78 is 16.9. The van der Waals surface area contributed by atoms with E-state index in [0.717, 1.165) is 29.6 Å². The first-order valence-electron chi connectivity index (χ1n) is 20.2. The molecule has 0 saturated carbocycles. The number of rotatable bonds is 22. The van der Waals surface area contributed by atoms with Crippen molar-refractivity contribution in [1.29, 1.82) is 0 Å². The van der Waals surface area contributed by atoms with Crippen LogP contribution in [0.5, 0.6) is 0 Å². The molecule has 0 aromatic rings. The Kier molecular flexibility index (Phi) is 25.3. The lowest BCUT2D eigenvalue weighted by Crippen LogP contribution is -2.60. The van der Waals surface area contributed by atoms with Crippen LogP contribution >= 0.6 is 0 Å². The smallest absolute Gasteiger partial charge is 0.305 e. The van der Waals surface area contributed by atoms with E-state index >= 15 is 0 Å². The van der Waals surface area contributed by atoms with Gasteiger partial charge in [0.2, 0.25) is 0 Å². The summed E-state index contributed by atoms with van der Waals surface area (Å²) in [4.78, 5) is 11.8. The van der Waals surface area contributed by atoms with Gasteiger partial charge in [0.05, 0.1) is 5.60 Å². The highest BCUT2D eigenvalue weighted by molar-refractivity contribution is 5.69. The van der Waals surface area contributed by atoms with Crippen molar-refractivity contribution in [3.05, 3.63) is 154 Å². The minimum absolute atomic E-state index is 0.243. The number of aliphatic hydroxyl groups excluding tert-OH is 3. The Bertz CT molecular complexity index is 1640. The zero-order valence-electron chi connectivity index (χ0n) is 36.6. The molecular formula is C50H72O7. The van der Waals surface area contributed by atoms with Crippen LogP contribution in [0.2, 0.25) is 0 Å². The maximum Gasteiger partial charge on any atom is 0.305 e. The summed E-state index contributed by atoms with van der Waals surface area (Å²) >= 11 is 0. The molecule has 3 N–H and O–H groups in total. The summed E-state index contributed by atoms with van der Waals surface area (Å²) in [5.74, 6) is -0.419. The SMILES string of the molecule is CCCC(=O)OC[C@H]1O[C@@H](OC(C)(C)C/C=C/C(C)=C/C=C/C(C)=C/C=C/C(C)=C/C=C/C=C(C)/C=C/C=C(C)/C=C/C=C(\C)CCC=C(C)C)[C@H](O)[C@@H](O)[C@@H]1O. The summed E-state index contributed by atoms with van der Waals surface area (Å²) in [6.45, 7) is 22.1. The van der Waals surface area contributed by atoms with Crippen molar-refractivity contribution in [2.75, 3.05) is 6.61 Å². The summed E-state index contributed by atoms with van der Waals surface area (Å²) in [6.07, 6.45) is 36.5. The predicted octanol–water partition coefficient (Wildman–Crippen LogP) is 11.1. The fourth-order valence-electron chi connectivity index (χ4n) is 5.28. The van der Waals surface area contributed by atoms with E-state index in [2.05, 4.69) is 121 Å². The van der Waals surface area contributed by atoms with Crippen LogP contribution in [0.3, 0.4) is 0 Å². The number of aliphatic hydroxyl groups is 3. The van der Waals surface area contributed by atoms with Crippen molar-refractivity contribution >= 4 is 5.97 Å². The molecule has 1 rings (SSSR count). The summed E-state index contributed by atoms with van der Waals surface area (Å²) in [7, 11) is 0. The van der Waals surface area contributed by atoms with Gasteiger partial charge in [-0.05, 0) is 94.9 Å². The van der Waals surface area contributed by atoms with Crippen molar-refractivity contribution in [3.8, 4) is 0 Å². The second kappa shape index (κ2) is 28.3. The molecule has 5 atom stereocenters. The number of carbonyl (C=O) groups is 1. The fourth-order valence-corrected chi connectivity index (χ4v) is 5.28. The molecule has 57 heavy (non-hydrogen) atoms. The van der Waals surface area contributed by atoms with E-state index in [1.807, 2.05) is 70.2 Å². The second-order valence-corrected chi connectivity index (χ2v) is 15.6. The number of hydrogen-bond acceptors (Lipinski definition) is 7. The lowest BCUT2D eigenvalue weighted by atomic mass is 9.98. The van der Waals surface area contributed by atoms with Gasteiger partial charge in [-0.15, -0.1) is 0 Å². The van der Waals surface area contributed by atoms with Crippen LogP contribution in [0.4, 0.5) is 0 Å². The lowest BCUT2D eigenvalue weighted by molar-refractivity contribution is -0.323. The molecule has 314 valence electrons. The Morgan fingerprint density at radius 2 is 1.11 bits per heavy atom. The summed E-state index contributed by atoms with van der Waals surface area (Å²) in [6, 6.07) is 0. The molecule has 1 fully saturated rings. The van der Waals surface area contributed by atoms with Crippen molar-refractivity contribution in [2.24, 2.45) is 0 Å². The normalized spacial score (nSPS) is 22.7. The van der Waals surface area contributed by atoms with Crippen LogP contribution in [-0.2, 0) is 19.0 Å². The van der Waals surface area contributed by atoms with E-state index in [4.69, 9.17) is 14.2 Å². The van der Waals surface area contributed by atoms with Gasteiger partial charge in [0.1, 0.15) is 31.0 Å². The van der Waals surface area contributed by atoms with E-state index in [-0.39, 0.29) is 13.0 Å². The third-order valence-corrected chi connectivity index (χ3v) is 8.77. The zero-order valence-corrected chi connectivity index (χ0v) is 36.6. The molecule has 1 aliphatic rings. The maximum absolute atomic E-state index is 11.8. The molecule has 1 saturated heterocycles. The first-order valence-corrected chi connectivity index (χ1v) is 20.2. The molecule has 0 unspecified atom stereocenters. The van der Waals surface area contributed by atoms with E-state index in [1.165, 1.54) is 22.3 Å². The average Bonchev–Trinajstić information content (AvgIpc) is 3.13. The first-order chi connectivity index (χ1) is 26.9. The molecule has 0 bridgehead atoms. The maximum atomic E-state index is 11.8. The number of allylic oxidation sites excluding steroid dienone is 25. The number of hydrogen-bond donors (Lipinski definition) is 3. The minimum atomic E-state index is -1.50. The van der Waals surface area contributed by atoms with Crippen molar-refractivity contribution in [1.82, 2.24) is 0 Å². The van der Waals surface area contributed by atoms with Crippen LogP contribution in [0, 0.1) is 0 Å². The molecule has 1 aliphatic heterocycles. The number of ether oxygens (including phenoxy) is 3. The molecule has 7 heteroatoms. The van der Waals surface area contributed by atoms with Gasteiger partial charge in [0.15, 0.2) is 6.29 Å². The molecule has 0 aromatic heterocycles. The highest BCUT2D eigenvalue weighted by Crippen LogP contribution is 2.28. The van der Waals surface area contributed by atoms with E-state index in [0.29, 0.717) is 12.8 Å². The molecule has 0 aromatic carbocycles. The number of esters is 1. The Labute approximate surface area is 345 Å². The van der Waals surface area contributed by atoms with Crippen LogP contribution in [0.1, 0.15) is 108 Å². The van der Waals surface area contributed by atoms with Crippen molar-refractivity contribution in [3.63, 3.8) is 0 Å². The lowest BCUT2D eigenvalue weighted by Gasteiger charge is -2.42. The quantitative estimate of drug-likeness (QED) is 0.0570. The van der Waals surface area contributed by atoms with Gasteiger partial charge in [0, 0.05) is 6.42 Å². The highest BCUT2D eigenvalue weighted by Gasteiger charge is 2.46. The third kappa shape index (κ3) is 24.3. The summed E-state index contributed by atoms with van der Waals surface area (Å²) in [5.41, 5.74) is 7.67. The second-order valence-electron chi connectivity index (χ2n) is 15.6. The van der Waals surface area contributed by atoms with E-state index in [9.17, 15) is 20.1 Å². The van der Waals surface area contributed by atoms with Crippen LogP contribution in [0.15, 0.2) is 154 Å². The van der Waals surface area contributed by atoms with Crippen LogP contribution in [-0.4, -0.2) is 64.2 Å². The molecule has 7 nitrogen and oxygen atoms in total. The minimum Gasteiger partial charge on any atom is -0.463 e. The Balaban J connectivity index is 2.60. The van der Waals surface area contributed by atoms with Gasteiger partial charge in [-0.3, -0.25) is 4.79 Å². The molecule has 0 spiro atoms. The molecule has 1 heterocycles. The monoisotopic (exact) mass is 785 g/mol. The van der Waals surface area contributed by atoms with E-state index < -0.39 is 42.3 Å². The predicted molar refractivity (Wildman–Crippen MR) is 238 cm³/mol. The van der Waals surface area contributed by atoms with Crippen LogP contribution < -0.4 is 0 Å². The van der Waals surface area contributed by atoms with Gasteiger partial charge in [-0.2, -0.15) is 0 Å². The largest absolute Gasteiger partial charge is 0.463 e. The van der Waals surface area contributed by atoms with Gasteiger partial charge in [0.25, 0.3) is 0 Å². The Morgan fingerprint density at radius 1 is 0.632 bits per heavy atom. The Hall–Kier alpha value is -4.11.